The number of ether oxygens (including phenoxy) is 3. The van der Waals surface area contributed by atoms with Crippen molar-refractivity contribution in [2.75, 3.05) is 7.11 Å². The first-order valence-corrected chi connectivity index (χ1v) is 8.10. The normalized spacial score (nSPS) is 15.1. The quantitative estimate of drug-likeness (QED) is 0.581. The van der Waals surface area contributed by atoms with E-state index >= 15 is 0 Å². The number of hydrogen-bond donors (Lipinski definition) is 0. The van der Waals surface area contributed by atoms with E-state index in [1.165, 1.54) is 25.3 Å². The number of benzene rings is 2. The molecular weight excluding hydrogens is 356 g/mol. The average Bonchev–Trinajstić information content (AvgIpc) is 2.98. The van der Waals surface area contributed by atoms with Crippen LogP contribution in [0.3, 0.4) is 0 Å². The maximum absolute atomic E-state index is 12.4. The maximum Gasteiger partial charge on any atom is 0.387 e. The Morgan fingerprint density at radius 1 is 1.11 bits per heavy atom. The van der Waals surface area contributed by atoms with E-state index < -0.39 is 12.6 Å². The lowest BCUT2D eigenvalue weighted by Gasteiger charge is -2.10. The van der Waals surface area contributed by atoms with Gasteiger partial charge in [0, 0.05) is 5.56 Å². The van der Waals surface area contributed by atoms with Gasteiger partial charge < -0.3 is 14.2 Å². The lowest BCUT2D eigenvalue weighted by Crippen LogP contribution is -2.07. The van der Waals surface area contributed by atoms with Gasteiger partial charge in [-0.15, -0.1) is 0 Å². The van der Waals surface area contributed by atoms with Crippen molar-refractivity contribution >= 4 is 17.9 Å². The first-order chi connectivity index (χ1) is 12.9. The van der Waals surface area contributed by atoms with Crippen LogP contribution < -0.4 is 9.47 Å². The van der Waals surface area contributed by atoms with Crippen LogP contribution in [0.5, 0.6) is 11.5 Å². The van der Waals surface area contributed by atoms with E-state index in [1.807, 2.05) is 32.0 Å². The molecule has 0 saturated heterocycles. The number of halogens is 2. The van der Waals surface area contributed by atoms with Crippen molar-refractivity contribution < 1.29 is 27.8 Å². The van der Waals surface area contributed by atoms with E-state index in [-0.39, 0.29) is 23.1 Å². The molecule has 2 aromatic rings. The molecule has 1 aliphatic rings. The van der Waals surface area contributed by atoms with Gasteiger partial charge in [-0.25, -0.2) is 9.79 Å². The van der Waals surface area contributed by atoms with Gasteiger partial charge in [-0.05, 0) is 49.2 Å². The minimum atomic E-state index is -2.97. The molecule has 0 atom stereocenters. The van der Waals surface area contributed by atoms with Gasteiger partial charge in [0.15, 0.2) is 17.2 Å². The lowest BCUT2D eigenvalue weighted by atomic mass is 10.0. The van der Waals surface area contributed by atoms with E-state index in [0.717, 1.165) is 16.7 Å². The molecule has 2 aromatic carbocycles. The van der Waals surface area contributed by atoms with Gasteiger partial charge in [0.1, 0.15) is 0 Å². The number of rotatable bonds is 5. The van der Waals surface area contributed by atoms with E-state index in [4.69, 9.17) is 9.47 Å². The summed E-state index contributed by atoms with van der Waals surface area (Å²) in [6.45, 7) is 0.953. The van der Waals surface area contributed by atoms with Crippen molar-refractivity contribution in [2.45, 2.75) is 20.5 Å². The van der Waals surface area contributed by atoms with Crippen molar-refractivity contribution in [3.8, 4) is 11.5 Å². The summed E-state index contributed by atoms with van der Waals surface area (Å²) in [5, 5.41) is 0. The Labute approximate surface area is 154 Å². The van der Waals surface area contributed by atoms with E-state index in [0.29, 0.717) is 5.56 Å². The van der Waals surface area contributed by atoms with Crippen molar-refractivity contribution in [1.82, 2.24) is 0 Å². The van der Waals surface area contributed by atoms with Crippen LogP contribution >= 0.6 is 0 Å². The number of carbonyl (C=O) groups is 1. The molecule has 27 heavy (non-hydrogen) atoms. The standard InChI is InChI=1S/C20H17F2NO4/c1-11-4-5-13(12(2)8-11)9-15-19(24)27-18(23-15)14-6-7-16(26-20(21)22)17(10-14)25-3/h4-10,20H,1-3H3/b15-9-. The Kier molecular flexibility index (Phi) is 5.21. The van der Waals surface area contributed by atoms with Crippen LogP contribution in [0.4, 0.5) is 8.78 Å². The Morgan fingerprint density at radius 3 is 2.56 bits per heavy atom. The third-order valence-electron chi connectivity index (χ3n) is 3.96. The number of cyclic esters (lactones) is 1. The number of methoxy groups -OCH3 is 1. The fourth-order valence-electron chi connectivity index (χ4n) is 2.66. The first-order valence-electron chi connectivity index (χ1n) is 8.10. The molecule has 1 aliphatic heterocycles. The number of carbonyl (C=O) groups excluding carboxylic acids is 1. The molecule has 7 heteroatoms. The van der Waals surface area contributed by atoms with Gasteiger partial charge in [-0.1, -0.05) is 23.8 Å². The number of aliphatic imine (C=N–C) groups is 1. The highest BCUT2D eigenvalue weighted by Gasteiger charge is 2.25. The lowest BCUT2D eigenvalue weighted by molar-refractivity contribution is -0.129. The summed E-state index contributed by atoms with van der Waals surface area (Å²) in [6.07, 6.45) is 1.65. The molecule has 0 aromatic heterocycles. The monoisotopic (exact) mass is 373 g/mol. The highest BCUT2D eigenvalue weighted by Crippen LogP contribution is 2.31. The zero-order valence-corrected chi connectivity index (χ0v) is 15.0. The second-order valence-corrected chi connectivity index (χ2v) is 5.94. The molecule has 0 spiro atoms. The minimum Gasteiger partial charge on any atom is -0.493 e. The molecular formula is C20H17F2NO4. The maximum atomic E-state index is 12.4. The number of esters is 1. The SMILES string of the molecule is COc1cc(C2=N/C(=C\c3ccc(C)cc3C)C(=O)O2)ccc1OC(F)F. The van der Waals surface area contributed by atoms with Crippen LogP contribution in [0.2, 0.25) is 0 Å². The highest BCUT2D eigenvalue weighted by molar-refractivity contribution is 6.13. The predicted molar refractivity (Wildman–Crippen MR) is 96.1 cm³/mol. The van der Waals surface area contributed by atoms with Crippen molar-refractivity contribution in [1.29, 1.82) is 0 Å². The zero-order valence-electron chi connectivity index (χ0n) is 15.0. The molecule has 140 valence electrons. The van der Waals surface area contributed by atoms with Gasteiger partial charge in [0.25, 0.3) is 0 Å². The molecule has 0 amide bonds. The van der Waals surface area contributed by atoms with Gasteiger partial charge in [0.2, 0.25) is 5.90 Å². The highest BCUT2D eigenvalue weighted by atomic mass is 19.3. The van der Waals surface area contributed by atoms with E-state index in [2.05, 4.69) is 9.73 Å². The van der Waals surface area contributed by atoms with Crippen LogP contribution in [-0.2, 0) is 9.53 Å². The number of alkyl halides is 2. The van der Waals surface area contributed by atoms with Crippen LogP contribution in [0.15, 0.2) is 47.1 Å². The van der Waals surface area contributed by atoms with Gasteiger partial charge in [-0.3, -0.25) is 0 Å². The fraction of sp³-hybridized carbons (Fsp3) is 0.200. The molecule has 0 saturated carbocycles. The van der Waals surface area contributed by atoms with Crippen LogP contribution in [-0.4, -0.2) is 25.6 Å². The third-order valence-corrected chi connectivity index (χ3v) is 3.96. The molecule has 0 unspecified atom stereocenters. The third kappa shape index (κ3) is 4.13. The summed E-state index contributed by atoms with van der Waals surface area (Å²) >= 11 is 0. The minimum absolute atomic E-state index is 0.0675. The van der Waals surface area contributed by atoms with Gasteiger partial charge in [0.05, 0.1) is 7.11 Å². The summed E-state index contributed by atoms with van der Waals surface area (Å²) in [4.78, 5) is 16.4. The molecule has 0 N–H and O–H groups in total. The Morgan fingerprint density at radius 2 is 1.89 bits per heavy atom. The summed E-state index contributed by atoms with van der Waals surface area (Å²) in [7, 11) is 1.32. The number of hydrogen-bond acceptors (Lipinski definition) is 5. The molecule has 5 nitrogen and oxygen atoms in total. The molecule has 1 heterocycles. The van der Waals surface area contributed by atoms with Crippen LogP contribution in [0, 0.1) is 13.8 Å². The summed E-state index contributed by atoms with van der Waals surface area (Å²) in [5.41, 5.74) is 3.55. The molecule has 0 bridgehead atoms. The summed E-state index contributed by atoms with van der Waals surface area (Å²) in [6, 6.07) is 10.0. The largest absolute Gasteiger partial charge is 0.493 e. The van der Waals surface area contributed by atoms with E-state index in [1.54, 1.807) is 6.08 Å². The fourth-order valence-corrected chi connectivity index (χ4v) is 2.66. The van der Waals surface area contributed by atoms with Crippen molar-refractivity contribution in [3.63, 3.8) is 0 Å². The second kappa shape index (κ2) is 7.57. The molecule has 0 radical (unpaired) electrons. The molecule has 3 rings (SSSR count). The van der Waals surface area contributed by atoms with Crippen molar-refractivity contribution in [3.05, 3.63) is 64.3 Å². The zero-order chi connectivity index (χ0) is 19.6. The number of nitrogens with zero attached hydrogens (tertiary/aromatic N) is 1. The van der Waals surface area contributed by atoms with Gasteiger partial charge >= 0.3 is 12.6 Å². The Bertz CT molecular complexity index is 951. The first kappa shape index (κ1) is 18.6. The van der Waals surface area contributed by atoms with Crippen LogP contribution in [0.25, 0.3) is 6.08 Å². The predicted octanol–water partition coefficient (Wildman–Crippen LogP) is 4.26. The summed E-state index contributed by atoms with van der Waals surface area (Å²) in [5.74, 6) is -0.555. The Hall–Kier alpha value is -3.22. The van der Waals surface area contributed by atoms with E-state index in [9.17, 15) is 13.6 Å². The average molecular weight is 373 g/mol. The van der Waals surface area contributed by atoms with Crippen LogP contribution in [0.1, 0.15) is 22.3 Å². The molecule has 0 aliphatic carbocycles. The van der Waals surface area contributed by atoms with Gasteiger partial charge in [-0.2, -0.15) is 8.78 Å². The van der Waals surface area contributed by atoms with Crippen molar-refractivity contribution in [2.24, 2.45) is 4.99 Å². The summed E-state index contributed by atoms with van der Waals surface area (Å²) < 4.78 is 39.5. The Balaban J connectivity index is 1.93. The second-order valence-electron chi connectivity index (χ2n) is 5.94. The topological polar surface area (TPSA) is 57.1 Å². The smallest absolute Gasteiger partial charge is 0.387 e. The number of aryl methyl sites for hydroxylation is 2. The molecule has 0 fully saturated rings.